The highest BCUT2D eigenvalue weighted by molar-refractivity contribution is 9.10. The van der Waals surface area contributed by atoms with Gasteiger partial charge in [-0.2, -0.15) is 0 Å². The average Bonchev–Trinajstić information content (AvgIpc) is 2.33. The van der Waals surface area contributed by atoms with Crippen LogP contribution in [0.3, 0.4) is 0 Å². The van der Waals surface area contributed by atoms with Gasteiger partial charge in [-0.3, -0.25) is 0 Å². The molecule has 0 unspecified atom stereocenters. The Morgan fingerprint density at radius 3 is 2.63 bits per heavy atom. The molecule has 0 radical (unpaired) electrons. The average molecular weight is 339 g/mol. The summed E-state index contributed by atoms with van der Waals surface area (Å²) >= 11 is 8.33. The van der Waals surface area contributed by atoms with E-state index in [2.05, 4.69) is 21.2 Å². The first-order valence-corrected chi connectivity index (χ1v) is 6.80. The van der Waals surface area contributed by atoms with Gasteiger partial charge in [0.25, 0.3) is 0 Å². The van der Waals surface area contributed by atoms with Gasteiger partial charge in [0, 0.05) is 15.7 Å². The molecule has 0 fully saturated rings. The van der Waals surface area contributed by atoms with E-state index in [9.17, 15) is 4.39 Å². The number of hydrogen-bond acceptors (Lipinski definition) is 2. The summed E-state index contributed by atoms with van der Waals surface area (Å²) in [6, 6.07) is 10.4. The standard InChI is InChI=1S/C14H12BrFN2S/c1-8-3-2-4-12(16)13(8)18-9-5-6-10(14(17)19)11(15)7-9/h2-7,18H,1H3,(H2,17,19). The topological polar surface area (TPSA) is 38.0 Å². The number of halogens is 2. The Bertz CT molecular complexity index is 623. The van der Waals surface area contributed by atoms with E-state index in [1.165, 1.54) is 6.07 Å². The molecule has 0 saturated heterocycles. The maximum atomic E-state index is 13.7. The van der Waals surface area contributed by atoms with Crippen molar-refractivity contribution in [3.8, 4) is 0 Å². The summed E-state index contributed by atoms with van der Waals surface area (Å²) in [6.45, 7) is 1.85. The molecule has 0 spiro atoms. The molecule has 0 bridgehead atoms. The van der Waals surface area contributed by atoms with Gasteiger partial charge in [0.2, 0.25) is 0 Å². The minimum absolute atomic E-state index is 0.283. The minimum atomic E-state index is -0.283. The predicted molar refractivity (Wildman–Crippen MR) is 84.4 cm³/mol. The van der Waals surface area contributed by atoms with Crippen LogP contribution < -0.4 is 11.1 Å². The molecule has 0 aliphatic rings. The fourth-order valence-electron chi connectivity index (χ4n) is 1.73. The molecule has 0 aliphatic heterocycles. The van der Waals surface area contributed by atoms with Crippen LogP contribution in [0.1, 0.15) is 11.1 Å². The second-order valence-electron chi connectivity index (χ2n) is 4.12. The first-order chi connectivity index (χ1) is 8.99. The number of para-hydroxylation sites is 1. The molecule has 2 aromatic rings. The third kappa shape index (κ3) is 3.11. The number of rotatable bonds is 3. The maximum absolute atomic E-state index is 13.7. The fraction of sp³-hybridized carbons (Fsp3) is 0.0714. The lowest BCUT2D eigenvalue weighted by Crippen LogP contribution is -2.10. The van der Waals surface area contributed by atoms with Crippen LogP contribution in [-0.2, 0) is 0 Å². The van der Waals surface area contributed by atoms with Gasteiger partial charge < -0.3 is 11.1 Å². The summed E-state index contributed by atoms with van der Waals surface area (Å²) in [5.74, 6) is -0.283. The van der Waals surface area contributed by atoms with E-state index >= 15 is 0 Å². The molecule has 19 heavy (non-hydrogen) atoms. The molecule has 0 aromatic heterocycles. The Labute approximate surface area is 124 Å². The SMILES string of the molecule is Cc1cccc(F)c1Nc1ccc(C(N)=S)c(Br)c1. The number of hydrogen-bond donors (Lipinski definition) is 2. The van der Waals surface area contributed by atoms with Crippen molar-refractivity contribution in [1.29, 1.82) is 0 Å². The molecule has 2 nitrogen and oxygen atoms in total. The Kier molecular flexibility index (Phi) is 4.17. The second-order valence-corrected chi connectivity index (χ2v) is 5.41. The zero-order valence-electron chi connectivity index (χ0n) is 10.2. The maximum Gasteiger partial charge on any atom is 0.146 e. The zero-order chi connectivity index (χ0) is 14.0. The molecule has 0 saturated carbocycles. The molecule has 5 heteroatoms. The number of nitrogens with one attached hydrogen (secondary N) is 1. The lowest BCUT2D eigenvalue weighted by molar-refractivity contribution is 0.631. The lowest BCUT2D eigenvalue weighted by Gasteiger charge is -2.12. The van der Waals surface area contributed by atoms with Crippen molar-refractivity contribution in [3.05, 3.63) is 57.8 Å². The Morgan fingerprint density at radius 1 is 1.32 bits per heavy atom. The first-order valence-electron chi connectivity index (χ1n) is 5.60. The number of anilines is 2. The highest BCUT2D eigenvalue weighted by Crippen LogP contribution is 2.27. The molecule has 0 heterocycles. The van der Waals surface area contributed by atoms with Crippen LogP contribution in [0.25, 0.3) is 0 Å². The van der Waals surface area contributed by atoms with Crippen molar-refractivity contribution in [2.24, 2.45) is 5.73 Å². The number of thiocarbonyl (C=S) groups is 1. The third-order valence-electron chi connectivity index (χ3n) is 2.73. The van der Waals surface area contributed by atoms with Gasteiger partial charge in [-0.25, -0.2) is 4.39 Å². The molecule has 3 N–H and O–H groups in total. The van der Waals surface area contributed by atoms with Gasteiger partial charge >= 0.3 is 0 Å². The summed E-state index contributed by atoms with van der Waals surface area (Å²) in [5.41, 5.74) is 8.42. The van der Waals surface area contributed by atoms with E-state index in [1.54, 1.807) is 12.1 Å². The van der Waals surface area contributed by atoms with Gasteiger partial charge in [-0.05, 0) is 52.7 Å². The van der Waals surface area contributed by atoms with E-state index in [1.807, 2.05) is 25.1 Å². The van der Waals surface area contributed by atoms with Crippen LogP contribution in [0, 0.1) is 12.7 Å². The molecule has 0 aliphatic carbocycles. The fourth-order valence-corrected chi connectivity index (χ4v) is 2.63. The highest BCUT2D eigenvalue weighted by Gasteiger charge is 2.08. The Hall–Kier alpha value is -1.46. The molecule has 0 amide bonds. The van der Waals surface area contributed by atoms with Gasteiger partial charge in [-0.15, -0.1) is 0 Å². The van der Waals surface area contributed by atoms with E-state index in [0.29, 0.717) is 10.7 Å². The molecule has 2 rings (SSSR count). The third-order valence-corrected chi connectivity index (χ3v) is 3.60. The molecule has 2 aromatic carbocycles. The highest BCUT2D eigenvalue weighted by atomic mass is 79.9. The van der Waals surface area contributed by atoms with Gasteiger partial charge in [0.05, 0.1) is 5.69 Å². The number of aryl methyl sites for hydroxylation is 1. The Morgan fingerprint density at radius 2 is 2.05 bits per heavy atom. The van der Waals surface area contributed by atoms with Crippen LogP contribution in [0.15, 0.2) is 40.9 Å². The Balaban J connectivity index is 2.34. The van der Waals surface area contributed by atoms with Crippen molar-refractivity contribution < 1.29 is 4.39 Å². The van der Waals surface area contributed by atoms with Crippen LogP contribution in [0.4, 0.5) is 15.8 Å². The summed E-state index contributed by atoms with van der Waals surface area (Å²) < 4.78 is 14.5. The van der Waals surface area contributed by atoms with Crippen molar-refractivity contribution >= 4 is 44.5 Å². The largest absolute Gasteiger partial charge is 0.389 e. The van der Waals surface area contributed by atoms with E-state index in [4.69, 9.17) is 18.0 Å². The summed E-state index contributed by atoms with van der Waals surface area (Å²) in [6.07, 6.45) is 0. The molecular formula is C14H12BrFN2S. The van der Waals surface area contributed by atoms with Gasteiger partial charge in [0.1, 0.15) is 10.8 Å². The molecular weight excluding hydrogens is 327 g/mol. The minimum Gasteiger partial charge on any atom is -0.389 e. The summed E-state index contributed by atoms with van der Waals surface area (Å²) in [4.78, 5) is 0.320. The normalized spacial score (nSPS) is 10.3. The van der Waals surface area contributed by atoms with Crippen LogP contribution in [-0.4, -0.2) is 4.99 Å². The van der Waals surface area contributed by atoms with Crippen LogP contribution in [0.5, 0.6) is 0 Å². The number of benzene rings is 2. The quantitative estimate of drug-likeness (QED) is 0.820. The lowest BCUT2D eigenvalue weighted by atomic mass is 10.1. The summed E-state index contributed by atoms with van der Waals surface area (Å²) in [7, 11) is 0. The van der Waals surface area contributed by atoms with Crippen LogP contribution in [0.2, 0.25) is 0 Å². The van der Waals surface area contributed by atoms with Gasteiger partial charge in [-0.1, -0.05) is 24.4 Å². The van der Waals surface area contributed by atoms with Crippen molar-refractivity contribution in [1.82, 2.24) is 0 Å². The van der Waals surface area contributed by atoms with Crippen LogP contribution >= 0.6 is 28.1 Å². The van der Waals surface area contributed by atoms with Crippen molar-refractivity contribution in [2.45, 2.75) is 6.92 Å². The monoisotopic (exact) mass is 338 g/mol. The zero-order valence-corrected chi connectivity index (χ0v) is 12.6. The van der Waals surface area contributed by atoms with E-state index in [-0.39, 0.29) is 5.82 Å². The second kappa shape index (κ2) is 5.67. The predicted octanol–water partition coefficient (Wildman–Crippen LogP) is 4.27. The van der Waals surface area contributed by atoms with E-state index < -0.39 is 0 Å². The smallest absolute Gasteiger partial charge is 0.146 e. The molecule has 0 atom stereocenters. The number of nitrogens with two attached hydrogens (primary N) is 1. The first kappa shape index (κ1) is 14.0. The summed E-state index contributed by atoms with van der Waals surface area (Å²) in [5, 5.41) is 3.06. The van der Waals surface area contributed by atoms with Gasteiger partial charge in [0.15, 0.2) is 0 Å². The molecule has 98 valence electrons. The van der Waals surface area contributed by atoms with Crippen molar-refractivity contribution in [3.63, 3.8) is 0 Å². The van der Waals surface area contributed by atoms with E-state index in [0.717, 1.165) is 21.3 Å². The van der Waals surface area contributed by atoms with Crippen molar-refractivity contribution in [2.75, 3.05) is 5.32 Å².